The molecular formula is C25H30FN5O3. The van der Waals surface area contributed by atoms with Crippen LogP contribution in [0.5, 0.6) is 0 Å². The Kier molecular flexibility index (Phi) is 7.42. The average Bonchev–Trinajstić information content (AvgIpc) is 2.83. The Morgan fingerprint density at radius 3 is 2.35 bits per heavy atom. The molecule has 3 amide bonds. The molecule has 2 aliphatic heterocycles. The molecule has 2 saturated heterocycles. The largest absolute Gasteiger partial charge is 0.369 e. The summed E-state index contributed by atoms with van der Waals surface area (Å²) in [6, 6.07) is 13.0. The highest BCUT2D eigenvalue weighted by Gasteiger charge is 2.35. The molecule has 0 aliphatic carbocycles. The first-order valence-corrected chi connectivity index (χ1v) is 11.6. The minimum absolute atomic E-state index is 0.0935. The van der Waals surface area contributed by atoms with Gasteiger partial charge in [0, 0.05) is 50.6 Å². The van der Waals surface area contributed by atoms with Crippen molar-refractivity contribution in [1.82, 2.24) is 15.1 Å². The predicted molar refractivity (Wildman–Crippen MR) is 128 cm³/mol. The molecule has 9 heteroatoms. The van der Waals surface area contributed by atoms with Crippen molar-refractivity contribution in [1.29, 1.82) is 0 Å². The summed E-state index contributed by atoms with van der Waals surface area (Å²) in [5.41, 5.74) is 2.70. The maximum Gasteiger partial charge on any atom is 0.243 e. The van der Waals surface area contributed by atoms with Crippen molar-refractivity contribution in [2.24, 2.45) is 0 Å². The van der Waals surface area contributed by atoms with Gasteiger partial charge < -0.3 is 20.4 Å². The lowest BCUT2D eigenvalue weighted by molar-refractivity contribution is -0.145. The topological polar surface area (TPSA) is 85.0 Å². The third-order valence-electron chi connectivity index (χ3n) is 6.29. The monoisotopic (exact) mass is 467 g/mol. The van der Waals surface area contributed by atoms with Gasteiger partial charge in [0.2, 0.25) is 17.7 Å². The van der Waals surface area contributed by atoms with E-state index >= 15 is 0 Å². The van der Waals surface area contributed by atoms with Gasteiger partial charge in [-0.1, -0.05) is 17.7 Å². The minimum Gasteiger partial charge on any atom is -0.369 e. The average molecular weight is 468 g/mol. The standard InChI is InChI=1S/C25H30FN5O3/c1-18-2-6-20(7-3-18)28-23(32)16-22-25(34)27-10-11-31(22)24(33)17-29-12-14-30(15-13-29)21-8-4-19(26)5-9-21/h2-9,22H,10-17H2,1H3,(H,27,34)(H,28,32)/t22-/m0/s1. The van der Waals surface area contributed by atoms with Crippen LogP contribution in [-0.2, 0) is 14.4 Å². The number of hydrogen-bond acceptors (Lipinski definition) is 5. The Balaban J connectivity index is 1.31. The third-order valence-corrected chi connectivity index (χ3v) is 6.29. The summed E-state index contributed by atoms with van der Waals surface area (Å²) in [5.74, 6) is -1.03. The number of carbonyl (C=O) groups is 3. The fourth-order valence-corrected chi connectivity index (χ4v) is 4.34. The maximum absolute atomic E-state index is 13.2. The fourth-order valence-electron chi connectivity index (χ4n) is 4.34. The molecule has 0 radical (unpaired) electrons. The summed E-state index contributed by atoms with van der Waals surface area (Å²) in [4.78, 5) is 44.0. The maximum atomic E-state index is 13.2. The predicted octanol–water partition coefficient (Wildman–Crippen LogP) is 1.61. The Labute approximate surface area is 198 Å². The number of nitrogens with one attached hydrogen (secondary N) is 2. The van der Waals surface area contributed by atoms with Crippen molar-refractivity contribution in [3.05, 3.63) is 59.9 Å². The Morgan fingerprint density at radius 1 is 1.00 bits per heavy atom. The zero-order valence-electron chi connectivity index (χ0n) is 19.3. The molecule has 2 aromatic carbocycles. The molecule has 0 bridgehead atoms. The molecule has 0 unspecified atom stereocenters. The van der Waals surface area contributed by atoms with Crippen LogP contribution in [0.2, 0.25) is 0 Å². The smallest absolute Gasteiger partial charge is 0.243 e. The van der Waals surface area contributed by atoms with Crippen LogP contribution in [-0.4, -0.2) is 79.4 Å². The number of amides is 3. The van der Waals surface area contributed by atoms with Gasteiger partial charge in [0.1, 0.15) is 11.9 Å². The van der Waals surface area contributed by atoms with E-state index in [1.165, 1.54) is 17.0 Å². The molecule has 0 aromatic heterocycles. The summed E-state index contributed by atoms with van der Waals surface area (Å²) in [6.45, 7) is 5.72. The van der Waals surface area contributed by atoms with Gasteiger partial charge in [-0.15, -0.1) is 0 Å². The molecule has 2 heterocycles. The second-order valence-electron chi connectivity index (χ2n) is 8.75. The van der Waals surface area contributed by atoms with E-state index in [1.807, 2.05) is 31.2 Å². The summed E-state index contributed by atoms with van der Waals surface area (Å²) in [5, 5.41) is 5.57. The summed E-state index contributed by atoms with van der Waals surface area (Å²) in [7, 11) is 0. The van der Waals surface area contributed by atoms with Crippen LogP contribution in [0.3, 0.4) is 0 Å². The van der Waals surface area contributed by atoms with Crippen LogP contribution in [0.1, 0.15) is 12.0 Å². The van der Waals surface area contributed by atoms with E-state index in [9.17, 15) is 18.8 Å². The first-order chi connectivity index (χ1) is 16.4. The van der Waals surface area contributed by atoms with E-state index in [2.05, 4.69) is 20.4 Å². The van der Waals surface area contributed by atoms with Gasteiger partial charge in [0.05, 0.1) is 13.0 Å². The number of carbonyl (C=O) groups excluding carboxylic acids is 3. The number of piperazine rings is 2. The van der Waals surface area contributed by atoms with Crippen LogP contribution < -0.4 is 15.5 Å². The molecule has 34 heavy (non-hydrogen) atoms. The van der Waals surface area contributed by atoms with E-state index in [4.69, 9.17) is 0 Å². The SMILES string of the molecule is Cc1ccc(NC(=O)C[C@H]2C(=O)NCCN2C(=O)CN2CCN(c3ccc(F)cc3)CC2)cc1. The number of nitrogens with zero attached hydrogens (tertiary/aromatic N) is 3. The van der Waals surface area contributed by atoms with Crippen LogP contribution in [0.4, 0.5) is 15.8 Å². The highest BCUT2D eigenvalue weighted by Crippen LogP contribution is 2.18. The van der Waals surface area contributed by atoms with Crippen molar-refractivity contribution in [3.8, 4) is 0 Å². The molecule has 0 spiro atoms. The number of aryl methyl sites for hydroxylation is 1. The molecular weight excluding hydrogens is 437 g/mol. The lowest BCUT2D eigenvalue weighted by Crippen LogP contribution is -2.60. The van der Waals surface area contributed by atoms with Gasteiger partial charge in [-0.25, -0.2) is 4.39 Å². The van der Waals surface area contributed by atoms with Crippen LogP contribution in [0, 0.1) is 12.7 Å². The van der Waals surface area contributed by atoms with Gasteiger partial charge >= 0.3 is 0 Å². The molecule has 0 saturated carbocycles. The first kappa shape index (κ1) is 23.7. The molecule has 2 fully saturated rings. The van der Waals surface area contributed by atoms with Crippen LogP contribution in [0.25, 0.3) is 0 Å². The Hall–Kier alpha value is -3.46. The van der Waals surface area contributed by atoms with Crippen molar-refractivity contribution in [3.63, 3.8) is 0 Å². The minimum atomic E-state index is -0.827. The fraction of sp³-hybridized carbons (Fsp3) is 0.400. The van der Waals surface area contributed by atoms with Gasteiger partial charge in [-0.2, -0.15) is 0 Å². The molecule has 2 aliphatic rings. The molecule has 2 N–H and O–H groups in total. The third kappa shape index (κ3) is 5.91. The number of halogens is 1. The summed E-state index contributed by atoms with van der Waals surface area (Å²) >= 11 is 0. The normalized spacial score (nSPS) is 19.0. The van der Waals surface area contributed by atoms with E-state index < -0.39 is 6.04 Å². The lowest BCUT2D eigenvalue weighted by atomic mass is 10.1. The van der Waals surface area contributed by atoms with Gasteiger partial charge in [-0.05, 0) is 43.3 Å². The number of hydrogen-bond donors (Lipinski definition) is 2. The highest BCUT2D eigenvalue weighted by molar-refractivity contribution is 5.97. The molecule has 4 rings (SSSR count). The molecule has 8 nitrogen and oxygen atoms in total. The second-order valence-corrected chi connectivity index (χ2v) is 8.75. The number of anilines is 2. The summed E-state index contributed by atoms with van der Waals surface area (Å²) < 4.78 is 13.2. The van der Waals surface area contributed by atoms with E-state index in [0.29, 0.717) is 31.9 Å². The Morgan fingerprint density at radius 2 is 1.68 bits per heavy atom. The molecule has 1 atom stereocenters. The van der Waals surface area contributed by atoms with Crippen LogP contribution >= 0.6 is 0 Å². The van der Waals surface area contributed by atoms with E-state index in [1.54, 1.807) is 12.1 Å². The lowest BCUT2D eigenvalue weighted by Gasteiger charge is -2.39. The van der Waals surface area contributed by atoms with E-state index in [-0.39, 0.29) is 36.5 Å². The van der Waals surface area contributed by atoms with E-state index in [0.717, 1.165) is 24.3 Å². The zero-order chi connectivity index (χ0) is 24.1. The van der Waals surface area contributed by atoms with Gasteiger partial charge in [0.15, 0.2) is 0 Å². The van der Waals surface area contributed by atoms with Crippen molar-refractivity contribution in [2.45, 2.75) is 19.4 Å². The second kappa shape index (κ2) is 10.6. The highest BCUT2D eigenvalue weighted by atomic mass is 19.1. The van der Waals surface area contributed by atoms with Crippen molar-refractivity contribution < 1.29 is 18.8 Å². The van der Waals surface area contributed by atoms with Crippen molar-refractivity contribution >= 4 is 29.1 Å². The number of benzene rings is 2. The zero-order valence-corrected chi connectivity index (χ0v) is 19.3. The first-order valence-electron chi connectivity index (χ1n) is 11.6. The molecule has 2 aromatic rings. The quantitative estimate of drug-likeness (QED) is 0.675. The molecule has 180 valence electrons. The van der Waals surface area contributed by atoms with Crippen molar-refractivity contribution in [2.75, 3.05) is 56.0 Å². The summed E-state index contributed by atoms with van der Waals surface area (Å²) in [6.07, 6.45) is -0.0935. The van der Waals surface area contributed by atoms with Gasteiger partial charge in [0.25, 0.3) is 0 Å². The van der Waals surface area contributed by atoms with Gasteiger partial charge in [-0.3, -0.25) is 19.3 Å². The van der Waals surface area contributed by atoms with Crippen LogP contribution in [0.15, 0.2) is 48.5 Å². The Bertz CT molecular complexity index is 1020. The number of rotatable bonds is 6.